The number of aliphatic hydroxyl groups is 3. The van der Waals surface area contributed by atoms with Gasteiger partial charge in [-0.2, -0.15) is 0 Å². The first-order valence-corrected chi connectivity index (χ1v) is 15.6. The maximum atomic E-state index is 14.0. The SMILES string of the molecule is CCOc1ccc2c(c1)CC(NCCCCO)C(=O)N2c1ccc2c(c1)[C@](O)([C@@H](C)/C=C/CCn1cc(CCO)nn1)C(=O)N2. The number of aliphatic hydroxyl groups excluding tert-OH is 2. The lowest BCUT2D eigenvalue weighted by molar-refractivity contribution is -0.137. The summed E-state index contributed by atoms with van der Waals surface area (Å²) in [6.45, 7) is 5.48. The van der Waals surface area contributed by atoms with Crippen molar-refractivity contribution in [3.63, 3.8) is 0 Å². The lowest BCUT2D eigenvalue weighted by Gasteiger charge is -2.35. The van der Waals surface area contributed by atoms with E-state index in [-0.39, 0.29) is 19.1 Å². The van der Waals surface area contributed by atoms with Gasteiger partial charge < -0.3 is 30.7 Å². The Labute approximate surface area is 262 Å². The molecule has 3 aromatic rings. The molecular weight excluding hydrogens is 576 g/mol. The van der Waals surface area contributed by atoms with E-state index < -0.39 is 23.5 Å². The molecule has 5 rings (SSSR count). The number of carbonyl (C=O) groups excluding carboxylic acids is 2. The number of nitrogens with one attached hydrogen (secondary N) is 2. The Balaban J connectivity index is 1.40. The second-order valence-corrected chi connectivity index (χ2v) is 11.4. The van der Waals surface area contributed by atoms with Gasteiger partial charge in [0.1, 0.15) is 5.75 Å². The van der Waals surface area contributed by atoms with Crippen LogP contribution in [-0.4, -0.2) is 74.5 Å². The van der Waals surface area contributed by atoms with E-state index in [2.05, 4.69) is 20.9 Å². The van der Waals surface area contributed by atoms with E-state index in [1.54, 1.807) is 40.9 Å². The van der Waals surface area contributed by atoms with Crippen LogP contribution in [-0.2, 0) is 34.6 Å². The summed E-state index contributed by atoms with van der Waals surface area (Å²) in [5, 5.41) is 44.4. The topological polar surface area (TPSA) is 162 Å². The van der Waals surface area contributed by atoms with Crippen LogP contribution in [0.4, 0.5) is 17.1 Å². The molecule has 12 nitrogen and oxygen atoms in total. The van der Waals surface area contributed by atoms with E-state index in [1.807, 2.05) is 37.3 Å². The molecule has 0 saturated heterocycles. The predicted molar refractivity (Wildman–Crippen MR) is 169 cm³/mol. The Kier molecular flexibility index (Phi) is 10.3. The molecule has 3 heterocycles. The number of benzene rings is 2. The highest BCUT2D eigenvalue weighted by atomic mass is 16.5. The van der Waals surface area contributed by atoms with Crippen LogP contribution < -0.4 is 20.3 Å². The lowest BCUT2D eigenvalue weighted by atomic mass is 9.82. The molecule has 1 unspecified atom stereocenters. The Morgan fingerprint density at radius 1 is 1.18 bits per heavy atom. The lowest BCUT2D eigenvalue weighted by Crippen LogP contribution is -2.49. The van der Waals surface area contributed by atoms with Gasteiger partial charge >= 0.3 is 0 Å². The third kappa shape index (κ3) is 6.79. The van der Waals surface area contributed by atoms with Crippen molar-refractivity contribution in [3.8, 4) is 5.75 Å². The maximum Gasteiger partial charge on any atom is 0.261 e. The Morgan fingerprint density at radius 2 is 2.02 bits per heavy atom. The van der Waals surface area contributed by atoms with Gasteiger partial charge in [0.25, 0.3) is 5.91 Å². The van der Waals surface area contributed by atoms with E-state index in [0.717, 1.165) is 23.4 Å². The number of allylic oxidation sites excluding steroid dienone is 1. The van der Waals surface area contributed by atoms with Crippen LogP contribution in [0.2, 0.25) is 0 Å². The number of hydrogen-bond acceptors (Lipinski definition) is 9. The Hall–Kier alpha value is -4.10. The van der Waals surface area contributed by atoms with Crippen molar-refractivity contribution in [2.75, 3.05) is 36.6 Å². The van der Waals surface area contributed by atoms with E-state index in [1.165, 1.54) is 0 Å². The van der Waals surface area contributed by atoms with Gasteiger partial charge in [0.15, 0.2) is 5.60 Å². The van der Waals surface area contributed by atoms with Gasteiger partial charge in [0.05, 0.1) is 24.0 Å². The highest BCUT2D eigenvalue weighted by Gasteiger charge is 2.49. The number of ether oxygens (including phenoxy) is 1. The molecule has 0 fully saturated rings. The van der Waals surface area contributed by atoms with Crippen molar-refractivity contribution in [2.24, 2.45) is 5.92 Å². The largest absolute Gasteiger partial charge is 0.494 e. The summed E-state index contributed by atoms with van der Waals surface area (Å²) in [6, 6.07) is 10.4. The molecule has 2 aromatic carbocycles. The normalized spacial score (nSPS) is 19.9. The van der Waals surface area contributed by atoms with Crippen LogP contribution >= 0.6 is 0 Å². The van der Waals surface area contributed by atoms with Gasteiger partial charge in [-0.25, -0.2) is 0 Å². The van der Waals surface area contributed by atoms with Crippen LogP contribution in [0.15, 0.2) is 54.7 Å². The molecule has 0 radical (unpaired) electrons. The zero-order valence-electron chi connectivity index (χ0n) is 25.8. The predicted octanol–water partition coefficient (Wildman–Crippen LogP) is 2.59. The Bertz CT molecular complexity index is 1540. The third-order valence-corrected chi connectivity index (χ3v) is 8.35. The molecule has 0 aliphatic carbocycles. The molecule has 0 spiro atoms. The molecule has 45 heavy (non-hydrogen) atoms. The molecule has 2 aliphatic heterocycles. The van der Waals surface area contributed by atoms with Gasteiger partial charge in [-0.15, -0.1) is 5.10 Å². The van der Waals surface area contributed by atoms with Gasteiger partial charge in [-0.3, -0.25) is 19.2 Å². The van der Waals surface area contributed by atoms with E-state index in [0.29, 0.717) is 68.0 Å². The van der Waals surface area contributed by atoms with Crippen molar-refractivity contribution in [1.82, 2.24) is 20.3 Å². The number of anilines is 3. The smallest absolute Gasteiger partial charge is 0.261 e. The highest BCUT2D eigenvalue weighted by molar-refractivity contribution is 6.09. The number of aromatic nitrogens is 3. The minimum atomic E-state index is -1.84. The molecule has 2 aliphatic rings. The minimum absolute atomic E-state index is 0.0100. The quantitative estimate of drug-likeness (QED) is 0.127. The molecule has 1 aromatic heterocycles. The summed E-state index contributed by atoms with van der Waals surface area (Å²) in [5.74, 6) is -0.516. The molecule has 5 N–H and O–H groups in total. The highest BCUT2D eigenvalue weighted by Crippen LogP contribution is 2.45. The number of rotatable bonds is 15. The van der Waals surface area contributed by atoms with E-state index in [4.69, 9.17) is 9.84 Å². The van der Waals surface area contributed by atoms with Crippen molar-refractivity contribution in [1.29, 1.82) is 0 Å². The first-order valence-electron chi connectivity index (χ1n) is 15.6. The Morgan fingerprint density at radius 3 is 2.80 bits per heavy atom. The first kappa shape index (κ1) is 32.3. The third-order valence-electron chi connectivity index (χ3n) is 8.35. The number of unbranched alkanes of at least 4 members (excludes halogenated alkanes) is 1. The van der Waals surface area contributed by atoms with Crippen molar-refractivity contribution in [3.05, 3.63) is 71.6 Å². The molecule has 0 saturated carbocycles. The fourth-order valence-corrected chi connectivity index (χ4v) is 5.93. The standard InChI is InChI=1S/C33H42N6O6/c1-3-45-26-10-12-30-23(18-26)19-29(34-14-5-7-16-40)31(42)39(30)25-9-11-28-27(20-25)33(44,32(43)35-28)22(2)8-4-6-15-38-21-24(13-17-41)36-37-38/h4,8-12,18,20-22,29,34,40-41,44H,3,5-7,13-17,19H2,1-2H3,(H,35,43)/b8-4+/t22-,29?,33+/m0/s1. The fraction of sp³-hybridized carbons (Fsp3) is 0.455. The van der Waals surface area contributed by atoms with Crippen LogP contribution in [0.25, 0.3) is 0 Å². The number of aryl methyl sites for hydroxylation is 1. The van der Waals surface area contributed by atoms with E-state index in [9.17, 15) is 19.8 Å². The number of amides is 2. The summed E-state index contributed by atoms with van der Waals surface area (Å²) in [6.07, 6.45) is 8.42. The average molecular weight is 619 g/mol. The minimum Gasteiger partial charge on any atom is -0.494 e. The summed E-state index contributed by atoms with van der Waals surface area (Å²) in [4.78, 5) is 28.8. The molecule has 240 valence electrons. The van der Waals surface area contributed by atoms with Gasteiger partial charge in [-0.1, -0.05) is 24.3 Å². The maximum absolute atomic E-state index is 14.0. The van der Waals surface area contributed by atoms with Gasteiger partial charge in [0.2, 0.25) is 5.91 Å². The number of fused-ring (bicyclic) bond motifs is 2. The summed E-state index contributed by atoms with van der Waals surface area (Å²) < 4.78 is 7.43. The van der Waals surface area contributed by atoms with Crippen LogP contribution in [0.3, 0.4) is 0 Å². The zero-order chi connectivity index (χ0) is 32.0. The van der Waals surface area contributed by atoms with Crippen LogP contribution in [0, 0.1) is 5.92 Å². The van der Waals surface area contributed by atoms with Crippen molar-refractivity contribution in [2.45, 2.75) is 64.1 Å². The molecule has 12 heteroatoms. The van der Waals surface area contributed by atoms with Crippen molar-refractivity contribution < 1.29 is 29.6 Å². The molecule has 0 bridgehead atoms. The van der Waals surface area contributed by atoms with Gasteiger partial charge in [0, 0.05) is 55.2 Å². The van der Waals surface area contributed by atoms with Gasteiger partial charge in [-0.05, 0) is 81.1 Å². The number of nitrogens with zero attached hydrogens (tertiary/aromatic N) is 4. The summed E-state index contributed by atoms with van der Waals surface area (Å²) in [7, 11) is 0. The second-order valence-electron chi connectivity index (χ2n) is 11.4. The molecule has 2 amide bonds. The first-order chi connectivity index (χ1) is 21.8. The second kappa shape index (κ2) is 14.3. The van der Waals surface area contributed by atoms with Crippen LogP contribution in [0.5, 0.6) is 5.75 Å². The number of hydrogen-bond donors (Lipinski definition) is 5. The fourth-order valence-electron chi connectivity index (χ4n) is 5.93. The van der Waals surface area contributed by atoms with Crippen molar-refractivity contribution >= 4 is 28.9 Å². The monoisotopic (exact) mass is 618 g/mol. The summed E-state index contributed by atoms with van der Waals surface area (Å²) >= 11 is 0. The molecule has 3 atom stereocenters. The summed E-state index contributed by atoms with van der Waals surface area (Å²) in [5.41, 5.74) is 1.99. The average Bonchev–Trinajstić information content (AvgIpc) is 3.59. The molecular formula is C33H42N6O6. The zero-order valence-corrected chi connectivity index (χ0v) is 25.8. The number of carbonyl (C=O) groups is 2. The van der Waals surface area contributed by atoms with E-state index >= 15 is 0 Å². The van der Waals surface area contributed by atoms with Crippen LogP contribution in [0.1, 0.15) is 49.9 Å².